The van der Waals surface area contributed by atoms with E-state index in [0.717, 1.165) is 12.1 Å². The van der Waals surface area contributed by atoms with E-state index in [1.165, 1.54) is 20.5 Å². The number of hydrogen-bond acceptors (Lipinski definition) is 2. The fraction of sp³-hybridized carbons (Fsp3) is 0.214. The molecule has 0 radical (unpaired) electrons. The maximum Gasteiger partial charge on any atom is 0.102 e. The fourth-order valence-corrected chi connectivity index (χ4v) is 3.18. The minimum Gasteiger partial charge on any atom is -0.275 e. The summed E-state index contributed by atoms with van der Waals surface area (Å²) in [6.07, 6.45) is 3.07. The molecule has 0 bridgehead atoms. The van der Waals surface area contributed by atoms with Gasteiger partial charge in [0.1, 0.15) is 5.69 Å². The molecule has 86 valence electrons. The van der Waals surface area contributed by atoms with E-state index < -0.39 is 0 Å². The number of hydrogen-bond donors (Lipinski definition) is 0. The maximum absolute atomic E-state index is 4.46. The van der Waals surface area contributed by atoms with Crippen LogP contribution in [-0.2, 0) is 13.5 Å². The van der Waals surface area contributed by atoms with E-state index in [1.807, 2.05) is 29.3 Å². The van der Waals surface area contributed by atoms with Crippen LogP contribution in [0.25, 0.3) is 20.7 Å². The van der Waals surface area contributed by atoms with E-state index in [2.05, 4.69) is 42.4 Å². The van der Waals surface area contributed by atoms with Crippen molar-refractivity contribution in [3.63, 3.8) is 0 Å². The van der Waals surface area contributed by atoms with Gasteiger partial charge in [-0.25, -0.2) is 0 Å². The predicted octanol–water partition coefficient (Wildman–Crippen LogP) is 3.86. The van der Waals surface area contributed by atoms with Gasteiger partial charge in [-0.1, -0.05) is 19.1 Å². The molecule has 3 aromatic rings. The molecule has 0 aliphatic rings. The average Bonchev–Trinajstić information content (AvgIpc) is 2.93. The Balaban J connectivity index is 2.19. The molecule has 0 saturated carbocycles. The van der Waals surface area contributed by atoms with Crippen molar-refractivity contribution in [3.8, 4) is 10.6 Å². The minimum atomic E-state index is 1.07. The van der Waals surface area contributed by atoms with Gasteiger partial charge in [0, 0.05) is 17.9 Å². The van der Waals surface area contributed by atoms with Crippen LogP contribution in [0.5, 0.6) is 0 Å². The molecule has 3 heteroatoms. The van der Waals surface area contributed by atoms with E-state index in [4.69, 9.17) is 0 Å². The summed E-state index contributed by atoms with van der Waals surface area (Å²) in [4.78, 5) is 1.25. The Morgan fingerprint density at radius 3 is 2.88 bits per heavy atom. The summed E-state index contributed by atoms with van der Waals surface area (Å²) in [5, 5.41) is 5.83. The van der Waals surface area contributed by atoms with Crippen LogP contribution >= 0.6 is 11.3 Å². The van der Waals surface area contributed by atoms with Crippen molar-refractivity contribution in [3.05, 3.63) is 42.1 Å². The van der Waals surface area contributed by atoms with Crippen LogP contribution in [0.2, 0.25) is 0 Å². The summed E-state index contributed by atoms with van der Waals surface area (Å²) in [6.45, 7) is 2.20. The standard InChI is InChI=1S/C14H14N2S/c1-3-10-5-4-6-13-11(10)9-14(17-13)12-7-8-16(2)15-12/h4-9H,3H2,1-2H3. The third-order valence-electron chi connectivity index (χ3n) is 3.00. The molecule has 0 amide bonds. The van der Waals surface area contributed by atoms with Gasteiger partial charge in [0.25, 0.3) is 0 Å². The molecule has 2 aromatic heterocycles. The molecule has 0 atom stereocenters. The van der Waals surface area contributed by atoms with E-state index in [-0.39, 0.29) is 0 Å². The van der Waals surface area contributed by atoms with Crippen molar-refractivity contribution in [2.24, 2.45) is 7.05 Å². The Morgan fingerprint density at radius 2 is 2.18 bits per heavy atom. The first-order valence-electron chi connectivity index (χ1n) is 5.79. The first-order chi connectivity index (χ1) is 8.28. The molecule has 0 fully saturated rings. The zero-order valence-corrected chi connectivity index (χ0v) is 10.8. The molecule has 0 N–H and O–H groups in total. The highest BCUT2D eigenvalue weighted by atomic mass is 32.1. The second-order valence-corrected chi connectivity index (χ2v) is 5.25. The molecule has 0 aliphatic heterocycles. The summed E-state index contributed by atoms with van der Waals surface area (Å²) in [7, 11) is 1.95. The highest BCUT2D eigenvalue weighted by Crippen LogP contribution is 2.34. The van der Waals surface area contributed by atoms with Gasteiger partial charge >= 0.3 is 0 Å². The lowest BCUT2D eigenvalue weighted by molar-refractivity contribution is 0.771. The molecule has 0 aliphatic carbocycles. The van der Waals surface area contributed by atoms with E-state index in [9.17, 15) is 0 Å². The number of benzene rings is 1. The SMILES string of the molecule is CCc1cccc2sc(-c3ccn(C)n3)cc12. The third-order valence-corrected chi connectivity index (χ3v) is 4.12. The number of nitrogens with zero attached hydrogens (tertiary/aromatic N) is 2. The van der Waals surface area contributed by atoms with E-state index in [0.29, 0.717) is 0 Å². The summed E-state index contributed by atoms with van der Waals surface area (Å²) in [5.74, 6) is 0. The minimum absolute atomic E-state index is 1.07. The molecule has 17 heavy (non-hydrogen) atoms. The van der Waals surface area contributed by atoms with Crippen LogP contribution in [0.3, 0.4) is 0 Å². The van der Waals surface area contributed by atoms with Crippen molar-refractivity contribution in [2.45, 2.75) is 13.3 Å². The fourth-order valence-electron chi connectivity index (χ4n) is 2.10. The number of aryl methyl sites for hydroxylation is 2. The van der Waals surface area contributed by atoms with E-state index >= 15 is 0 Å². The van der Waals surface area contributed by atoms with Crippen molar-refractivity contribution < 1.29 is 0 Å². The zero-order valence-electron chi connectivity index (χ0n) is 9.97. The first kappa shape index (κ1) is 10.5. The van der Waals surface area contributed by atoms with Crippen molar-refractivity contribution in [1.82, 2.24) is 9.78 Å². The van der Waals surface area contributed by atoms with Crippen molar-refractivity contribution in [2.75, 3.05) is 0 Å². The molecule has 0 saturated heterocycles. The summed E-state index contributed by atoms with van der Waals surface area (Å²) in [6, 6.07) is 10.9. The van der Waals surface area contributed by atoms with Crippen LogP contribution in [-0.4, -0.2) is 9.78 Å². The second-order valence-electron chi connectivity index (χ2n) is 4.17. The quantitative estimate of drug-likeness (QED) is 0.667. The van der Waals surface area contributed by atoms with Gasteiger partial charge in [0.05, 0.1) is 4.88 Å². The van der Waals surface area contributed by atoms with Crippen LogP contribution in [0.4, 0.5) is 0 Å². The van der Waals surface area contributed by atoms with Gasteiger partial charge in [-0.05, 0) is 35.6 Å². The normalized spacial score (nSPS) is 11.2. The zero-order chi connectivity index (χ0) is 11.8. The van der Waals surface area contributed by atoms with E-state index in [1.54, 1.807) is 0 Å². The number of fused-ring (bicyclic) bond motifs is 1. The molecule has 1 aromatic carbocycles. The van der Waals surface area contributed by atoms with Crippen LogP contribution in [0.15, 0.2) is 36.5 Å². The van der Waals surface area contributed by atoms with Crippen molar-refractivity contribution >= 4 is 21.4 Å². The molecule has 2 nitrogen and oxygen atoms in total. The third kappa shape index (κ3) is 1.76. The summed E-state index contributed by atoms with van der Waals surface area (Å²) < 4.78 is 3.20. The first-order valence-corrected chi connectivity index (χ1v) is 6.61. The Labute approximate surface area is 105 Å². The lowest BCUT2D eigenvalue weighted by Gasteiger charge is -1.96. The molecular formula is C14H14N2S. The molecular weight excluding hydrogens is 228 g/mol. The number of rotatable bonds is 2. The predicted molar refractivity (Wildman–Crippen MR) is 73.4 cm³/mol. The topological polar surface area (TPSA) is 17.8 Å². The largest absolute Gasteiger partial charge is 0.275 e. The van der Waals surface area contributed by atoms with Crippen LogP contribution in [0.1, 0.15) is 12.5 Å². The Bertz CT molecular complexity index is 664. The lowest BCUT2D eigenvalue weighted by Crippen LogP contribution is -1.86. The lowest BCUT2D eigenvalue weighted by atomic mass is 10.1. The molecule has 2 heterocycles. The average molecular weight is 242 g/mol. The van der Waals surface area contributed by atoms with Gasteiger partial charge in [0.15, 0.2) is 0 Å². The highest BCUT2D eigenvalue weighted by molar-refractivity contribution is 7.22. The highest BCUT2D eigenvalue weighted by Gasteiger charge is 2.08. The molecule has 3 rings (SSSR count). The smallest absolute Gasteiger partial charge is 0.102 e. The van der Waals surface area contributed by atoms with Gasteiger partial charge in [-0.2, -0.15) is 5.10 Å². The molecule has 0 unspecified atom stereocenters. The Morgan fingerprint density at radius 1 is 1.29 bits per heavy atom. The Kier molecular flexibility index (Phi) is 2.48. The van der Waals surface area contributed by atoms with Crippen LogP contribution in [0, 0.1) is 0 Å². The number of thiophene rings is 1. The van der Waals surface area contributed by atoms with Crippen molar-refractivity contribution in [1.29, 1.82) is 0 Å². The summed E-state index contributed by atoms with van der Waals surface area (Å²) >= 11 is 1.82. The van der Waals surface area contributed by atoms with Crippen LogP contribution < -0.4 is 0 Å². The Hall–Kier alpha value is -1.61. The van der Waals surface area contributed by atoms with Gasteiger partial charge in [-0.15, -0.1) is 11.3 Å². The monoisotopic (exact) mass is 242 g/mol. The van der Waals surface area contributed by atoms with Gasteiger partial charge in [-0.3, -0.25) is 4.68 Å². The maximum atomic E-state index is 4.46. The van der Waals surface area contributed by atoms with Gasteiger partial charge in [0.2, 0.25) is 0 Å². The summed E-state index contributed by atoms with van der Waals surface area (Å²) in [5.41, 5.74) is 2.48. The molecule has 0 spiro atoms. The van der Waals surface area contributed by atoms with Gasteiger partial charge < -0.3 is 0 Å². The second kappa shape index (κ2) is 4.00. The number of aromatic nitrogens is 2.